The molecule has 0 unspecified atom stereocenters. The first-order valence-corrected chi connectivity index (χ1v) is 13.8. The molecular formula is C27H57N4+. The number of hydrogen-bond acceptors (Lipinski definition) is 2. The molecule has 1 heterocycles. The van der Waals surface area contributed by atoms with Crippen LogP contribution in [0.5, 0.6) is 0 Å². The van der Waals surface area contributed by atoms with E-state index in [2.05, 4.69) is 43.0 Å². The van der Waals surface area contributed by atoms with Crippen LogP contribution in [0.15, 0.2) is 12.7 Å². The number of hydrogen-bond donors (Lipinski definition) is 1. The zero-order valence-corrected chi connectivity index (χ0v) is 21.8. The van der Waals surface area contributed by atoms with E-state index in [1.54, 1.807) is 0 Å². The first-order valence-electron chi connectivity index (χ1n) is 13.8. The molecule has 31 heavy (non-hydrogen) atoms. The third-order valence-electron chi connectivity index (χ3n) is 6.49. The molecule has 0 aromatic carbocycles. The van der Waals surface area contributed by atoms with Crippen molar-refractivity contribution in [3.8, 4) is 0 Å². The van der Waals surface area contributed by atoms with Crippen LogP contribution in [0.2, 0.25) is 0 Å². The number of H-pyrrole nitrogens is 1. The second kappa shape index (κ2) is 23.8. The molecule has 0 saturated carbocycles. The van der Waals surface area contributed by atoms with Gasteiger partial charge in [0.1, 0.15) is 12.7 Å². The summed E-state index contributed by atoms with van der Waals surface area (Å²) in [5, 5.41) is 5.99. The standard InChI is InChI=1S/C25H54N.C2H3N3/c1-5-8-11-14-17-20-23-26(4,24-21-18-15-12-9-6-2)25-22-19-16-13-10-7-3;1-3-2-5-4-1/h5-25H2,1-4H3;1-2H,(H,3,4,5)/q+1;. The number of aromatic amines is 1. The highest BCUT2D eigenvalue weighted by Gasteiger charge is 2.20. The van der Waals surface area contributed by atoms with Crippen molar-refractivity contribution in [2.75, 3.05) is 26.7 Å². The summed E-state index contributed by atoms with van der Waals surface area (Å²) in [6, 6.07) is 0. The lowest BCUT2D eigenvalue weighted by Gasteiger charge is -2.35. The maximum Gasteiger partial charge on any atom is 0.137 e. The Morgan fingerprint density at radius 2 is 0.903 bits per heavy atom. The van der Waals surface area contributed by atoms with Crippen molar-refractivity contribution in [2.45, 2.75) is 136 Å². The Balaban J connectivity index is 0.00000156. The molecule has 0 atom stereocenters. The van der Waals surface area contributed by atoms with Crippen molar-refractivity contribution < 1.29 is 4.48 Å². The van der Waals surface area contributed by atoms with Crippen molar-refractivity contribution >= 4 is 0 Å². The first-order chi connectivity index (χ1) is 15.2. The molecule has 0 amide bonds. The lowest BCUT2D eigenvalue weighted by molar-refractivity contribution is -0.910. The molecule has 1 aromatic heterocycles. The first kappa shape index (κ1) is 30.1. The van der Waals surface area contributed by atoms with Crippen LogP contribution in [0, 0.1) is 0 Å². The van der Waals surface area contributed by atoms with Gasteiger partial charge in [-0.1, -0.05) is 97.8 Å². The van der Waals surface area contributed by atoms with Crippen LogP contribution in [-0.4, -0.2) is 46.3 Å². The number of nitrogens with one attached hydrogen (secondary N) is 1. The second-order valence-electron chi connectivity index (χ2n) is 9.75. The third-order valence-corrected chi connectivity index (χ3v) is 6.49. The van der Waals surface area contributed by atoms with E-state index in [-0.39, 0.29) is 0 Å². The largest absolute Gasteiger partial charge is 0.326 e. The average molecular weight is 438 g/mol. The van der Waals surface area contributed by atoms with E-state index in [0.717, 1.165) is 0 Å². The van der Waals surface area contributed by atoms with Crippen LogP contribution in [-0.2, 0) is 0 Å². The third kappa shape index (κ3) is 22.1. The van der Waals surface area contributed by atoms with Gasteiger partial charge in [0.25, 0.3) is 0 Å². The zero-order chi connectivity index (χ0) is 22.9. The van der Waals surface area contributed by atoms with Crippen molar-refractivity contribution in [3.63, 3.8) is 0 Å². The van der Waals surface area contributed by atoms with E-state index in [4.69, 9.17) is 0 Å². The molecule has 0 aliphatic heterocycles. The molecule has 4 nitrogen and oxygen atoms in total. The van der Waals surface area contributed by atoms with Crippen LogP contribution in [0.3, 0.4) is 0 Å². The summed E-state index contributed by atoms with van der Waals surface area (Å²) in [4.78, 5) is 3.56. The average Bonchev–Trinajstić information content (AvgIpc) is 3.36. The van der Waals surface area contributed by atoms with Gasteiger partial charge in [0.05, 0.1) is 26.7 Å². The summed E-state index contributed by atoms with van der Waals surface area (Å²) in [5.41, 5.74) is 0. The molecular weight excluding hydrogens is 380 g/mol. The van der Waals surface area contributed by atoms with Gasteiger partial charge in [0, 0.05) is 0 Å². The van der Waals surface area contributed by atoms with Crippen molar-refractivity contribution in [1.29, 1.82) is 0 Å². The monoisotopic (exact) mass is 437 g/mol. The van der Waals surface area contributed by atoms with Gasteiger partial charge in [-0.05, 0) is 38.5 Å². The Hall–Kier alpha value is -0.900. The maximum absolute atomic E-state index is 3.56. The lowest BCUT2D eigenvalue weighted by Crippen LogP contribution is -2.46. The fraction of sp³-hybridized carbons (Fsp3) is 0.926. The highest BCUT2D eigenvalue weighted by molar-refractivity contribution is 4.51. The lowest BCUT2D eigenvalue weighted by atomic mass is 10.1. The van der Waals surface area contributed by atoms with E-state index < -0.39 is 0 Å². The smallest absolute Gasteiger partial charge is 0.137 e. The minimum Gasteiger partial charge on any atom is -0.326 e. The maximum atomic E-state index is 3.56. The van der Waals surface area contributed by atoms with Crippen LogP contribution in [0.25, 0.3) is 0 Å². The van der Waals surface area contributed by atoms with Gasteiger partial charge in [-0.25, -0.2) is 4.98 Å². The number of rotatable bonds is 21. The summed E-state index contributed by atoms with van der Waals surface area (Å²) in [7, 11) is 2.56. The van der Waals surface area contributed by atoms with Crippen LogP contribution in [0.4, 0.5) is 0 Å². The molecule has 4 heteroatoms. The summed E-state index contributed by atoms with van der Waals surface area (Å²) in [5.74, 6) is 0. The Labute approximate surface area is 195 Å². The number of nitrogens with zero attached hydrogens (tertiary/aromatic N) is 3. The summed E-state index contributed by atoms with van der Waals surface area (Å²) >= 11 is 0. The molecule has 0 fully saturated rings. The predicted molar refractivity (Wildman–Crippen MR) is 137 cm³/mol. The molecule has 0 radical (unpaired) electrons. The van der Waals surface area contributed by atoms with Gasteiger partial charge in [-0.15, -0.1) is 0 Å². The van der Waals surface area contributed by atoms with Gasteiger partial charge in [-0.3, -0.25) is 5.10 Å². The van der Waals surface area contributed by atoms with Crippen molar-refractivity contribution in [1.82, 2.24) is 15.2 Å². The Morgan fingerprint density at radius 3 is 1.16 bits per heavy atom. The van der Waals surface area contributed by atoms with Crippen LogP contribution >= 0.6 is 0 Å². The molecule has 1 N–H and O–H groups in total. The minimum atomic E-state index is 1.36. The van der Waals surface area contributed by atoms with Gasteiger partial charge >= 0.3 is 0 Å². The Bertz CT molecular complexity index is 361. The molecule has 0 spiro atoms. The highest BCUT2D eigenvalue weighted by atomic mass is 15.3. The van der Waals surface area contributed by atoms with Crippen molar-refractivity contribution in [2.24, 2.45) is 0 Å². The summed E-state index contributed by atoms with van der Waals surface area (Å²) < 4.78 is 1.36. The number of aromatic nitrogens is 3. The quantitative estimate of drug-likeness (QED) is 0.155. The van der Waals surface area contributed by atoms with E-state index in [1.807, 2.05) is 0 Å². The zero-order valence-electron chi connectivity index (χ0n) is 21.8. The van der Waals surface area contributed by atoms with E-state index in [9.17, 15) is 0 Å². The molecule has 184 valence electrons. The molecule has 0 bridgehead atoms. The minimum absolute atomic E-state index is 1.36. The van der Waals surface area contributed by atoms with Gasteiger partial charge in [0.15, 0.2) is 0 Å². The topological polar surface area (TPSA) is 41.6 Å². The van der Waals surface area contributed by atoms with E-state index in [0.29, 0.717) is 0 Å². The normalized spacial score (nSPS) is 11.4. The number of unbranched alkanes of at least 4 members (excludes halogenated alkanes) is 15. The molecule has 1 aromatic rings. The van der Waals surface area contributed by atoms with Crippen LogP contribution < -0.4 is 0 Å². The summed E-state index contributed by atoms with van der Waals surface area (Å²) in [6.45, 7) is 11.2. The van der Waals surface area contributed by atoms with Gasteiger partial charge in [0.2, 0.25) is 0 Å². The SMILES string of the molecule is CCCCCCCC[N+](C)(CCCCCCCC)CCCCCCCC.c1nc[nH]n1. The molecule has 1 rings (SSSR count). The van der Waals surface area contributed by atoms with Crippen molar-refractivity contribution in [3.05, 3.63) is 12.7 Å². The van der Waals surface area contributed by atoms with E-state index >= 15 is 0 Å². The second-order valence-corrected chi connectivity index (χ2v) is 9.75. The molecule has 0 saturated heterocycles. The summed E-state index contributed by atoms with van der Waals surface area (Å²) in [6.07, 6.45) is 28.8. The Kier molecular flexibility index (Phi) is 23.1. The fourth-order valence-electron chi connectivity index (χ4n) is 4.32. The Morgan fingerprint density at radius 1 is 0.548 bits per heavy atom. The highest BCUT2D eigenvalue weighted by Crippen LogP contribution is 2.16. The van der Waals surface area contributed by atoms with Gasteiger partial charge < -0.3 is 4.48 Å². The predicted octanol–water partition coefficient (Wildman–Crippen LogP) is 8.32. The molecule has 0 aliphatic rings. The van der Waals surface area contributed by atoms with Crippen LogP contribution in [0.1, 0.15) is 136 Å². The van der Waals surface area contributed by atoms with Gasteiger partial charge in [-0.2, -0.15) is 5.10 Å². The number of quaternary nitrogens is 1. The molecule has 0 aliphatic carbocycles. The fourth-order valence-corrected chi connectivity index (χ4v) is 4.32. The van der Waals surface area contributed by atoms with E-state index in [1.165, 1.54) is 152 Å².